The predicted octanol–water partition coefficient (Wildman–Crippen LogP) is 1.95. The van der Waals surface area contributed by atoms with Crippen LogP contribution in [0.5, 0.6) is 0 Å². The maximum absolute atomic E-state index is 12.1. The molecule has 2 rings (SSSR count). The molecule has 0 bridgehead atoms. The quantitative estimate of drug-likeness (QED) is 0.603. The molecule has 4 heteroatoms. The van der Waals surface area contributed by atoms with Crippen molar-refractivity contribution in [2.45, 2.75) is 13.0 Å². The van der Waals surface area contributed by atoms with Crippen LogP contribution in [0.2, 0.25) is 0 Å². The highest BCUT2D eigenvalue weighted by atomic mass is 16.5. The maximum atomic E-state index is 12.1. The molecular weight excluding hydrogens is 280 g/mol. The molecule has 0 aliphatic carbocycles. The van der Waals surface area contributed by atoms with Crippen molar-refractivity contribution < 1.29 is 19.4 Å². The zero-order chi connectivity index (χ0) is 15.8. The van der Waals surface area contributed by atoms with Gasteiger partial charge in [-0.1, -0.05) is 60.7 Å². The third-order valence-corrected chi connectivity index (χ3v) is 2.95. The van der Waals surface area contributed by atoms with E-state index < -0.39 is 18.4 Å². The third-order valence-electron chi connectivity index (χ3n) is 2.95. The summed E-state index contributed by atoms with van der Waals surface area (Å²) in [5, 5.41) is 10.8. The summed E-state index contributed by atoms with van der Waals surface area (Å²) < 4.78 is 5.16. The number of hydrogen-bond donors (Lipinski definition) is 0. The van der Waals surface area contributed by atoms with E-state index in [0.717, 1.165) is 11.1 Å². The van der Waals surface area contributed by atoms with E-state index in [1.165, 1.54) is 6.08 Å². The number of benzene rings is 2. The van der Waals surface area contributed by atoms with Crippen LogP contribution in [-0.4, -0.2) is 11.9 Å². The second-order valence-electron chi connectivity index (χ2n) is 4.69. The lowest BCUT2D eigenvalue weighted by atomic mass is 10.1. The molecular formula is C18H15O4-. The number of carbonyl (C=O) groups excluding carboxylic acids is 2. The van der Waals surface area contributed by atoms with Crippen LogP contribution in [0.4, 0.5) is 0 Å². The molecule has 22 heavy (non-hydrogen) atoms. The minimum absolute atomic E-state index is 0.0575. The summed E-state index contributed by atoms with van der Waals surface area (Å²) >= 11 is 0. The highest BCUT2D eigenvalue weighted by molar-refractivity contribution is 5.97. The molecule has 2 aromatic rings. The van der Waals surface area contributed by atoms with Crippen LogP contribution >= 0.6 is 0 Å². The molecule has 112 valence electrons. The largest absolute Gasteiger partial charge is 0.550 e. The Kier molecular flexibility index (Phi) is 5.49. The standard InChI is InChI=1S/C18H16O4/c19-17(20)12-16(11-14-7-3-1-4-8-14)18(21)22-13-15-9-5-2-6-10-15/h1-11H,12-13H2,(H,19,20)/p-1. The summed E-state index contributed by atoms with van der Waals surface area (Å²) in [7, 11) is 0. The Labute approximate surface area is 128 Å². The molecule has 0 radical (unpaired) electrons. The predicted molar refractivity (Wildman–Crippen MR) is 80.3 cm³/mol. The van der Waals surface area contributed by atoms with Crippen LogP contribution in [0.1, 0.15) is 17.5 Å². The van der Waals surface area contributed by atoms with E-state index in [1.54, 1.807) is 24.3 Å². The van der Waals surface area contributed by atoms with E-state index in [1.807, 2.05) is 36.4 Å². The van der Waals surface area contributed by atoms with Gasteiger partial charge in [-0.15, -0.1) is 0 Å². The van der Waals surface area contributed by atoms with Crippen molar-refractivity contribution in [1.82, 2.24) is 0 Å². The van der Waals surface area contributed by atoms with Crippen LogP contribution in [-0.2, 0) is 20.9 Å². The van der Waals surface area contributed by atoms with Crippen LogP contribution in [0.3, 0.4) is 0 Å². The maximum Gasteiger partial charge on any atom is 0.334 e. The van der Waals surface area contributed by atoms with Crippen molar-refractivity contribution in [2.75, 3.05) is 0 Å². The van der Waals surface area contributed by atoms with Gasteiger partial charge in [-0.25, -0.2) is 4.79 Å². The molecule has 0 heterocycles. The van der Waals surface area contributed by atoms with Gasteiger partial charge in [-0.2, -0.15) is 0 Å². The van der Waals surface area contributed by atoms with Gasteiger partial charge in [0.2, 0.25) is 0 Å². The van der Waals surface area contributed by atoms with Gasteiger partial charge in [0, 0.05) is 18.0 Å². The molecule has 0 aliphatic rings. The van der Waals surface area contributed by atoms with Gasteiger partial charge in [0.05, 0.1) is 0 Å². The Hall–Kier alpha value is -2.88. The molecule has 0 atom stereocenters. The molecule has 0 N–H and O–H groups in total. The van der Waals surface area contributed by atoms with Crippen molar-refractivity contribution in [3.05, 3.63) is 77.4 Å². The van der Waals surface area contributed by atoms with Gasteiger partial charge in [0.15, 0.2) is 0 Å². The third kappa shape index (κ3) is 4.90. The molecule has 2 aromatic carbocycles. The molecule has 0 unspecified atom stereocenters. The van der Waals surface area contributed by atoms with E-state index in [-0.39, 0.29) is 12.2 Å². The van der Waals surface area contributed by atoms with Gasteiger partial charge in [-0.05, 0) is 17.2 Å². The Bertz CT molecular complexity index is 660. The molecule has 4 nitrogen and oxygen atoms in total. The fraction of sp³-hybridized carbons (Fsp3) is 0.111. The smallest absolute Gasteiger partial charge is 0.334 e. The van der Waals surface area contributed by atoms with Crippen molar-refractivity contribution in [2.24, 2.45) is 0 Å². The number of hydrogen-bond acceptors (Lipinski definition) is 4. The molecule has 0 saturated heterocycles. The lowest BCUT2D eigenvalue weighted by Crippen LogP contribution is -2.24. The first-order chi connectivity index (χ1) is 10.6. The Morgan fingerprint density at radius 1 is 0.955 bits per heavy atom. The average Bonchev–Trinajstić information content (AvgIpc) is 2.53. The topological polar surface area (TPSA) is 66.4 Å². The van der Waals surface area contributed by atoms with Crippen LogP contribution in [0.15, 0.2) is 66.2 Å². The molecule has 0 saturated carbocycles. The number of carboxylic acids is 1. The first-order valence-electron chi connectivity index (χ1n) is 6.81. The van der Waals surface area contributed by atoms with Gasteiger partial charge in [-0.3, -0.25) is 0 Å². The lowest BCUT2D eigenvalue weighted by molar-refractivity contribution is -0.304. The highest BCUT2D eigenvalue weighted by Gasteiger charge is 2.12. The van der Waals surface area contributed by atoms with Crippen LogP contribution in [0.25, 0.3) is 6.08 Å². The number of esters is 1. The minimum atomic E-state index is -1.32. The Morgan fingerprint density at radius 3 is 2.14 bits per heavy atom. The molecule has 0 fully saturated rings. The zero-order valence-electron chi connectivity index (χ0n) is 11.9. The van der Waals surface area contributed by atoms with Gasteiger partial charge in [0.1, 0.15) is 6.61 Å². The first kappa shape index (κ1) is 15.5. The van der Waals surface area contributed by atoms with Crippen molar-refractivity contribution in [3.63, 3.8) is 0 Å². The van der Waals surface area contributed by atoms with Crippen LogP contribution < -0.4 is 5.11 Å². The fourth-order valence-electron chi connectivity index (χ4n) is 1.90. The van der Waals surface area contributed by atoms with E-state index in [4.69, 9.17) is 4.74 Å². The molecule has 0 spiro atoms. The summed E-state index contributed by atoms with van der Waals surface area (Å²) in [6.45, 7) is 0.0961. The summed E-state index contributed by atoms with van der Waals surface area (Å²) in [5.41, 5.74) is 1.63. The first-order valence-corrected chi connectivity index (χ1v) is 6.81. The zero-order valence-corrected chi connectivity index (χ0v) is 11.9. The monoisotopic (exact) mass is 295 g/mol. The summed E-state index contributed by atoms with van der Waals surface area (Å²) in [5.74, 6) is -1.98. The van der Waals surface area contributed by atoms with E-state index in [9.17, 15) is 14.7 Å². The normalized spacial score (nSPS) is 11.0. The van der Waals surface area contributed by atoms with Gasteiger partial charge < -0.3 is 14.6 Å². The lowest BCUT2D eigenvalue weighted by Gasteiger charge is -2.09. The summed E-state index contributed by atoms with van der Waals surface area (Å²) in [4.78, 5) is 22.9. The summed E-state index contributed by atoms with van der Waals surface area (Å²) in [6, 6.07) is 18.2. The summed E-state index contributed by atoms with van der Waals surface area (Å²) in [6.07, 6.45) is 1.02. The van der Waals surface area contributed by atoms with E-state index in [0.29, 0.717) is 0 Å². The Balaban J connectivity index is 2.09. The van der Waals surface area contributed by atoms with Crippen molar-refractivity contribution in [1.29, 1.82) is 0 Å². The number of ether oxygens (including phenoxy) is 1. The molecule has 0 aromatic heterocycles. The van der Waals surface area contributed by atoms with Crippen molar-refractivity contribution in [3.8, 4) is 0 Å². The Morgan fingerprint density at radius 2 is 1.55 bits per heavy atom. The average molecular weight is 295 g/mol. The molecule has 0 amide bonds. The molecule has 0 aliphatic heterocycles. The van der Waals surface area contributed by atoms with Crippen molar-refractivity contribution >= 4 is 18.0 Å². The second-order valence-corrected chi connectivity index (χ2v) is 4.69. The number of aliphatic carboxylic acids is 1. The fourth-order valence-corrected chi connectivity index (χ4v) is 1.90. The highest BCUT2D eigenvalue weighted by Crippen LogP contribution is 2.13. The number of carboxylic acid groups (broad SMARTS) is 1. The van der Waals surface area contributed by atoms with E-state index >= 15 is 0 Å². The number of carbonyl (C=O) groups is 2. The minimum Gasteiger partial charge on any atom is -0.550 e. The van der Waals surface area contributed by atoms with E-state index in [2.05, 4.69) is 0 Å². The second kappa shape index (κ2) is 7.78. The number of rotatable bonds is 6. The van der Waals surface area contributed by atoms with Gasteiger partial charge in [0.25, 0.3) is 0 Å². The SMILES string of the molecule is O=C([O-])CC(=Cc1ccccc1)C(=O)OCc1ccccc1. The van der Waals surface area contributed by atoms with Crippen LogP contribution in [0, 0.1) is 0 Å². The van der Waals surface area contributed by atoms with Gasteiger partial charge >= 0.3 is 5.97 Å².